The molecule has 0 aromatic rings. The second-order valence-corrected chi connectivity index (χ2v) is 3.44. The topological polar surface area (TPSA) is 89.9 Å². The van der Waals surface area contributed by atoms with Crippen molar-refractivity contribution < 1.29 is 23.9 Å². The number of carbonyl (C=O) groups excluding carboxylic acids is 4. The molecule has 0 aromatic heterocycles. The summed E-state index contributed by atoms with van der Waals surface area (Å²) >= 11 is 0. The van der Waals surface area contributed by atoms with E-state index in [1.165, 1.54) is 0 Å². The van der Waals surface area contributed by atoms with E-state index in [4.69, 9.17) is 0 Å². The van der Waals surface area contributed by atoms with Gasteiger partial charge in [0.1, 0.15) is 11.4 Å². The van der Waals surface area contributed by atoms with Crippen LogP contribution in [-0.2, 0) is 23.9 Å². The Labute approximate surface area is 95.7 Å². The van der Waals surface area contributed by atoms with Crippen LogP contribution >= 0.6 is 0 Å². The lowest BCUT2D eigenvalue weighted by Gasteiger charge is -2.16. The molecule has 86 valence electrons. The van der Waals surface area contributed by atoms with Gasteiger partial charge in [-0.15, -0.1) is 0 Å². The van der Waals surface area contributed by atoms with Crippen LogP contribution < -0.4 is 0 Å². The van der Waals surface area contributed by atoms with Gasteiger partial charge >= 0.3 is 5.97 Å². The van der Waals surface area contributed by atoms with Crippen molar-refractivity contribution in [2.75, 3.05) is 7.11 Å². The average Bonchev–Trinajstić information content (AvgIpc) is 2.32. The molecule has 0 amide bonds. The number of hydrogen-bond acceptors (Lipinski definition) is 6. The van der Waals surface area contributed by atoms with Crippen molar-refractivity contribution in [3.63, 3.8) is 0 Å². The lowest BCUT2D eigenvalue weighted by molar-refractivity contribution is -0.133. The average molecular weight is 233 g/mol. The molecule has 1 aliphatic carbocycles. The Morgan fingerprint density at radius 2 is 1.88 bits per heavy atom. The van der Waals surface area contributed by atoms with Gasteiger partial charge in [0.05, 0.1) is 19.1 Å². The highest BCUT2D eigenvalue weighted by atomic mass is 16.5. The number of ether oxygens (including phenoxy) is 1. The van der Waals surface area contributed by atoms with Gasteiger partial charge in [0, 0.05) is 0 Å². The van der Waals surface area contributed by atoms with Crippen molar-refractivity contribution in [3.05, 3.63) is 23.4 Å². The minimum absolute atomic E-state index is 0.160. The molecular formula is C11H7NO5. The summed E-state index contributed by atoms with van der Waals surface area (Å²) in [6.07, 6.45) is 1.73. The van der Waals surface area contributed by atoms with Crippen LogP contribution in [-0.4, -0.2) is 36.1 Å². The second kappa shape index (κ2) is 3.89. The van der Waals surface area contributed by atoms with Gasteiger partial charge in [-0.2, -0.15) is 0 Å². The Kier molecular flexibility index (Phi) is 2.55. The Bertz CT molecular complexity index is 550. The van der Waals surface area contributed by atoms with Gasteiger partial charge in [-0.1, -0.05) is 0 Å². The van der Waals surface area contributed by atoms with E-state index in [-0.39, 0.29) is 23.4 Å². The molecule has 1 heterocycles. The van der Waals surface area contributed by atoms with Crippen LogP contribution in [0.3, 0.4) is 0 Å². The predicted octanol–water partition coefficient (Wildman–Crippen LogP) is -0.465. The predicted molar refractivity (Wildman–Crippen MR) is 55.3 cm³/mol. The molecule has 0 atom stereocenters. The zero-order chi connectivity index (χ0) is 12.6. The van der Waals surface area contributed by atoms with Gasteiger partial charge < -0.3 is 4.74 Å². The first kappa shape index (κ1) is 11.1. The van der Waals surface area contributed by atoms with Crippen LogP contribution in [0.1, 0.15) is 6.42 Å². The molecule has 0 aromatic carbocycles. The highest BCUT2D eigenvalue weighted by Gasteiger charge is 2.34. The number of Topliss-reactive ketones (excluding diaryl/α,β-unsaturated/α-hetero) is 1. The molecule has 0 fully saturated rings. The summed E-state index contributed by atoms with van der Waals surface area (Å²) in [5.74, 6) is -2.48. The summed E-state index contributed by atoms with van der Waals surface area (Å²) in [6, 6.07) is 0. The largest absolute Gasteiger partial charge is 0.465 e. The SMILES string of the molecule is COC(=O)C1=NC2=C(C(=O)C=CC2=O)C(=O)C1. The number of carbonyl (C=O) groups is 4. The van der Waals surface area contributed by atoms with Crippen molar-refractivity contribution in [1.29, 1.82) is 0 Å². The van der Waals surface area contributed by atoms with E-state index in [0.717, 1.165) is 19.3 Å². The Morgan fingerprint density at radius 1 is 1.24 bits per heavy atom. The minimum atomic E-state index is -0.778. The normalized spacial score (nSPS) is 19.1. The third kappa shape index (κ3) is 1.73. The summed E-state index contributed by atoms with van der Waals surface area (Å²) in [6.45, 7) is 0. The van der Waals surface area contributed by atoms with Gasteiger partial charge in [0.25, 0.3) is 0 Å². The molecule has 0 saturated carbocycles. The second-order valence-electron chi connectivity index (χ2n) is 3.44. The standard InChI is InChI=1S/C11H7NO5/c1-17-11(16)5-4-8(15)9-6(13)2-3-7(14)10(9)12-5/h2-3H,4H2,1H3. The van der Waals surface area contributed by atoms with Crippen LogP contribution in [0.2, 0.25) is 0 Å². The molecule has 0 unspecified atom stereocenters. The summed E-state index contributed by atoms with van der Waals surface area (Å²) < 4.78 is 4.42. The highest BCUT2D eigenvalue weighted by Crippen LogP contribution is 2.22. The van der Waals surface area contributed by atoms with Crippen molar-refractivity contribution in [1.82, 2.24) is 0 Å². The van der Waals surface area contributed by atoms with Crippen LogP contribution in [0.15, 0.2) is 28.4 Å². The molecule has 6 heteroatoms. The highest BCUT2D eigenvalue weighted by molar-refractivity contribution is 6.46. The van der Waals surface area contributed by atoms with E-state index in [2.05, 4.69) is 9.73 Å². The molecule has 2 aliphatic rings. The van der Waals surface area contributed by atoms with Crippen LogP contribution in [0, 0.1) is 0 Å². The summed E-state index contributed by atoms with van der Waals surface area (Å²) in [5, 5.41) is 0. The zero-order valence-electron chi connectivity index (χ0n) is 8.85. The molecule has 1 aliphatic heterocycles. The molecule has 0 saturated heterocycles. The molecule has 0 bridgehead atoms. The Morgan fingerprint density at radius 3 is 2.53 bits per heavy atom. The van der Waals surface area contributed by atoms with Crippen LogP contribution in [0.25, 0.3) is 0 Å². The van der Waals surface area contributed by atoms with E-state index >= 15 is 0 Å². The number of allylic oxidation sites excluding steroid dienone is 3. The Balaban J connectivity index is 2.53. The van der Waals surface area contributed by atoms with Gasteiger partial charge in [0.2, 0.25) is 5.78 Å². The fraction of sp³-hybridized carbons (Fsp3) is 0.182. The summed E-state index contributed by atoms with van der Waals surface area (Å²) in [7, 11) is 1.15. The fourth-order valence-electron chi connectivity index (χ4n) is 1.58. The monoisotopic (exact) mass is 233 g/mol. The number of esters is 1. The lowest BCUT2D eigenvalue weighted by Crippen LogP contribution is -2.30. The van der Waals surface area contributed by atoms with Gasteiger partial charge in [0.15, 0.2) is 11.6 Å². The Hall–Kier alpha value is -2.37. The molecule has 2 rings (SSSR count). The number of hydrogen-bond donors (Lipinski definition) is 0. The van der Waals surface area contributed by atoms with E-state index in [1.54, 1.807) is 0 Å². The maximum Gasteiger partial charge on any atom is 0.352 e. The van der Waals surface area contributed by atoms with Crippen molar-refractivity contribution >= 4 is 29.0 Å². The number of ketones is 3. The number of methoxy groups -OCH3 is 1. The molecular weight excluding hydrogens is 226 g/mol. The maximum absolute atomic E-state index is 11.7. The van der Waals surface area contributed by atoms with Crippen LogP contribution in [0.5, 0.6) is 0 Å². The molecule has 0 radical (unpaired) electrons. The first-order chi connectivity index (χ1) is 8.04. The quantitative estimate of drug-likeness (QED) is 0.347. The minimum Gasteiger partial charge on any atom is -0.465 e. The summed E-state index contributed by atoms with van der Waals surface area (Å²) in [4.78, 5) is 49.5. The summed E-state index contributed by atoms with van der Waals surface area (Å²) in [5.41, 5.74) is -0.674. The van der Waals surface area contributed by atoms with Crippen molar-refractivity contribution in [2.24, 2.45) is 4.99 Å². The molecule has 17 heavy (non-hydrogen) atoms. The molecule has 0 N–H and O–H groups in total. The van der Waals surface area contributed by atoms with Crippen molar-refractivity contribution in [3.8, 4) is 0 Å². The molecule has 6 nitrogen and oxygen atoms in total. The van der Waals surface area contributed by atoms with Gasteiger partial charge in [-0.3, -0.25) is 14.4 Å². The van der Waals surface area contributed by atoms with E-state index < -0.39 is 23.3 Å². The number of nitrogens with zero attached hydrogens (tertiary/aromatic N) is 1. The van der Waals surface area contributed by atoms with Crippen molar-refractivity contribution in [2.45, 2.75) is 6.42 Å². The van der Waals surface area contributed by atoms with E-state index in [0.29, 0.717) is 0 Å². The third-order valence-electron chi connectivity index (χ3n) is 2.38. The third-order valence-corrected chi connectivity index (χ3v) is 2.38. The number of aliphatic imine (C=N–C) groups is 1. The van der Waals surface area contributed by atoms with E-state index in [1.807, 2.05) is 0 Å². The first-order valence-corrected chi connectivity index (χ1v) is 4.74. The van der Waals surface area contributed by atoms with Gasteiger partial charge in [-0.05, 0) is 12.2 Å². The smallest absolute Gasteiger partial charge is 0.352 e. The van der Waals surface area contributed by atoms with E-state index in [9.17, 15) is 19.2 Å². The van der Waals surface area contributed by atoms with Gasteiger partial charge in [-0.25, -0.2) is 9.79 Å². The maximum atomic E-state index is 11.7. The van der Waals surface area contributed by atoms with Crippen LogP contribution in [0.4, 0.5) is 0 Å². The zero-order valence-corrected chi connectivity index (χ0v) is 8.85. The first-order valence-electron chi connectivity index (χ1n) is 4.74. The number of rotatable bonds is 1. The lowest BCUT2D eigenvalue weighted by atomic mass is 9.91. The molecule has 0 spiro atoms. The fourth-order valence-corrected chi connectivity index (χ4v) is 1.58.